The minimum Gasteiger partial charge on any atom is -0.457 e. The molecule has 0 unspecified atom stereocenters. The Hall–Kier alpha value is -1.80. The molecular weight excluding hydrogens is 234 g/mol. The first-order valence-electron chi connectivity index (χ1n) is 6.90. The molecule has 98 valence electrons. The zero-order valence-corrected chi connectivity index (χ0v) is 11.0. The predicted octanol–water partition coefficient (Wildman–Crippen LogP) is 4.28. The molecule has 3 rings (SSSR count). The van der Waals surface area contributed by atoms with E-state index in [4.69, 9.17) is 10.5 Å². The normalized spacial score (nSPS) is 16.1. The molecular formula is C17H19NO. The van der Waals surface area contributed by atoms with E-state index in [2.05, 4.69) is 12.1 Å². The third kappa shape index (κ3) is 3.36. The van der Waals surface area contributed by atoms with Gasteiger partial charge < -0.3 is 10.5 Å². The van der Waals surface area contributed by atoms with Crippen molar-refractivity contribution in [2.75, 3.05) is 0 Å². The average Bonchev–Trinajstić information content (AvgIpc) is 3.25. The van der Waals surface area contributed by atoms with Crippen molar-refractivity contribution in [3.63, 3.8) is 0 Å². The predicted molar refractivity (Wildman–Crippen MR) is 77.2 cm³/mol. The van der Waals surface area contributed by atoms with Gasteiger partial charge in [0.2, 0.25) is 0 Å². The Bertz CT molecular complexity index is 517. The molecule has 0 bridgehead atoms. The van der Waals surface area contributed by atoms with E-state index in [-0.39, 0.29) is 6.04 Å². The van der Waals surface area contributed by atoms with Gasteiger partial charge in [0.1, 0.15) is 11.5 Å². The number of rotatable bonds is 5. The first kappa shape index (κ1) is 12.2. The highest BCUT2D eigenvalue weighted by atomic mass is 16.5. The molecule has 2 aromatic rings. The van der Waals surface area contributed by atoms with Crippen molar-refractivity contribution < 1.29 is 4.74 Å². The Morgan fingerprint density at radius 1 is 0.947 bits per heavy atom. The molecule has 0 spiro atoms. The van der Waals surface area contributed by atoms with Gasteiger partial charge in [-0.3, -0.25) is 0 Å². The Morgan fingerprint density at radius 3 is 2.21 bits per heavy atom. The van der Waals surface area contributed by atoms with Crippen LogP contribution in [0.3, 0.4) is 0 Å². The number of ether oxygens (including phenoxy) is 1. The molecule has 0 aliphatic heterocycles. The summed E-state index contributed by atoms with van der Waals surface area (Å²) >= 11 is 0. The van der Waals surface area contributed by atoms with Crippen molar-refractivity contribution in [2.24, 2.45) is 11.7 Å². The molecule has 0 saturated heterocycles. The lowest BCUT2D eigenvalue weighted by atomic mass is 10.0. The molecule has 19 heavy (non-hydrogen) atoms. The molecule has 2 aromatic carbocycles. The first-order valence-corrected chi connectivity index (χ1v) is 6.90. The van der Waals surface area contributed by atoms with E-state index < -0.39 is 0 Å². The topological polar surface area (TPSA) is 35.2 Å². The Morgan fingerprint density at radius 2 is 1.58 bits per heavy atom. The molecule has 2 heteroatoms. The van der Waals surface area contributed by atoms with E-state index >= 15 is 0 Å². The van der Waals surface area contributed by atoms with Gasteiger partial charge in [0.05, 0.1) is 0 Å². The van der Waals surface area contributed by atoms with Gasteiger partial charge in [-0.25, -0.2) is 0 Å². The lowest BCUT2D eigenvalue weighted by molar-refractivity contribution is 0.482. The molecule has 2 nitrogen and oxygen atoms in total. The Kier molecular flexibility index (Phi) is 3.51. The quantitative estimate of drug-likeness (QED) is 0.863. The van der Waals surface area contributed by atoms with Crippen molar-refractivity contribution in [2.45, 2.75) is 25.3 Å². The zero-order chi connectivity index (χ0) is 13.1. The average molecular weight is 253 g/mol. The standard InChI is InChI=1S/C17H19NO/c18-17(12-13-6-7-13)14-8-10-16(11-9-14)19-15-4-2-1-3-5-15/h1-5,8-11,13,17H,6-7,12,18H2/t17-/m1/s1. The SMILES string of the molecule is N[C@H](CC1CC1)c1ccc(Oc2ccccc2)cc1. The maximum Gasteiger partial charge on any atom is 0.127 e. The number of nitrogens with two attached hydrogens (primary N) is 1. The molecule has 0 amide bonds. The van der Waals surface area contributed by atoms with Crippen LogP contribution in [0.25, 0.3) is 0 Å². The monoisotopic (exact) mass is 253 g/mol. The van der Waals surface area contributed by atoms with Crippen LogP contribution in [0.2, 0.25) is 0 Å². The summed E-state index contributed by atoms with van der Waals surface area (Å²) in [4.78, 5) is 0. The molecule has 0 aromatic heterocycles. The molecule has 0 heterocycles. The minimum absolute atomic E-state index is 0.165. The molecule has 1 saturated carbocycles. The van der Waals surface area contributed by atoms with E-state index in [1.807, 2.05) is 42.5 Å². The van der Waals surface area contributed by atoms with Crippen LogP contribution in [0.15, 0.2) is 54.6 Å². The molecule has 1 aliphatic rings. The van der Waals surface area contributed by atoms with Crippen LogP contribution < -0.4 is 10.5 Å². The van der Waals surface area contributed by atoms with E-state index in [1.165, 1.54) is 18.4 Å². The van der Waals surface area contributed by atoms with Gasteiger partial charge >= 0.3 is 0 Å². The lowest BCUT2D eigenvalue weighted by Crippen LogP contribution is -2.10. The van der Waals surface area contributed by atoms with Crippen molar-refractivity contribution in [1.29, 1.82) is 0 Å². The smallest absolute Gasteiger partial charge is 0.127 e. The second kappa shape index (κ2) is 5.45. The van der Waals surface area contributed by atoms with E-state index in [0.717, 1.165) is 23.8 Å². The minimum atomic E-state index is 0.165. The summed E-state index contributed by atoms with van der Waals surface area (Å²) in [6, 6.07) is 18.1. The van der Waals surface area contributed by atoms with Gasteiger partial charge in [-0.2, -0.15) is 0 Å². The van der Waals surface area contributed by atoms with E-state index in [0.29, 0.717) is 0 Å². The third-order valence-electron chi connectivity index (χ3n) is 3.57. The number of benzene rings is 2. The maximum absolute atomic E-state index is 6.20. The van der Waals surface area contributed by atoms with Gasteiger partial charge in [-0.05, 0) is 42.2 Å². The van der Waals surface area contributed by atoms with Crippen molar-refractivity contribution in [3.8, 4) is 11.5 Å². The number of para-hydroxylation sites is 1. The third-order valence-corrected chi connectivity index (χ3v) is 3.57. The fourth-order valence-electron chi connectivity index (χ4n) is 2.26. The molecule has 1 aliphatic carbocycles. The highest BCUT2D eigenvalue weighted by molar-refractivity contribution is 5.33. The summed E-state index contributed by atoms with van der Waals surface area (Å²) < 4.78 is 5.77. The van der Waals surface area contributed by atoms with Crippen LogP contribution in [-0.2, 0) is 0 Å². The molecule has 1 fully saturated rings. The van der Waals surface area contributed by atoms with Gasteiger partial charge in [-0.15, -0.1) is 0 Å². The number of hydrogen-bond acceptors (Lipinski definition) is 2. The summed E-state index contributed by atoms with van der Waals surface area (Å²) in [5, 5.41) is 0. The lowest BCUT2D eigenvalue weighted by Gasteiger charge is -2.12. The van der Waals surface area contributed by atoms with Crippen LogP contribution in [0.4, 0.5) is 0 Å². The van der Waals surface area contributed by atoms with Crippen molar-refractivity contribution in [3.05, 3.63) is 60.2 Å². The second-order valence-corrected chi connectivity index (χ2v) is 5.27. The zero-order valence-electron chi connectivity index (χ0n) is 11.0. The molecule has 0 radical (unpaired) electrons. The fraction of sp³-hybridized carbons (Fsp3) is 0.294. The van der Waals surface area contributed by atoms with Gasteiger partial charge in [0.15, 0.2) is 0 Å². The highest BCUT2D eigenvalue weighted by Crippen LogP contribution is 2.37. The van der Waals surface area contributed by atoms with Crippen LogP contribution in [-0.4, -0.2) is 0 Å². The number of hydrogen-bond donors (Lipinski definition) is 1. The van der Waals surface area contributed by atoms with Crippen molar-refractivity contribution >= 4 is 0 Å². The maximum atomic E-state index is 6.20. The largest absolute Gasteiger partial charge is 0.457 e. The van der Waals surface area contributed by atoms with E-state index in [1.54, 1.807) is 0 Å². The first-order chi connectivity index (χ1) is 9.31. The summed E-state index contributed by atoms with van der Waals surface area (Å²) in [5.74, 6) is 2.57. The van der Waals surface area contributed by atoms with Gasteiger partial charge in [0.25, 0.3) is 0 Å². The summed E-state index contributed by atoms with van der Waals surface area (Å²) in [6.07, 6.45) is 3.81. The highest BCUT2D eigenvalue weighted by Gasteiger charge is 2.24. The summed E-state index contributed by atoms with van der Waals surface area (Å²) in [7, 11) is 0. The van der Waals surface area contributed by atoms with Crippen LogP contribution in [0, 0.1) is 5.92 Å². The van der Waals surface area contributed by atoms with E-state index in [9.17, 15) is 0 Å². The second-order valence-electron chi connectivity index (χ2n) is 5.27. The Balaban J connectivity index is 1.64. The Labute approximate surface area is 114 Å². The summed E-state index contributed by atoms with van der Waals surface area (Å²) in [6.45, 7) is 0. The molecule has 1 atom stereocenters. The van der Waals surface area contributed by atoms with Crippen LogP contribution >= 0.6 is 0 Å². The van der Waals surface area contributed by atoms with Crippen LogP contribution in [0.1, 0.15) is 30.9 Å². The summed E-state index contributed by atoms with van der Waals surface area (Å²) in [5.41, 5.74) is 7.40. The van der Waals surface area contributed by atoms with Gasteiger partial charge in [0, 0.05) is 6.04 Å². The van der Waals surface area contributed by atoms with Crippen molar-refractivity contribution in [1.82, 2.24) is 0 Å². The fourth-order valence-corrected chi connectivity index (χ4v) is 2.26. The van der Waals surface area contributed by atoms with Crippen LogP contribution in [0.5, 0.6) is 11.5 Å². The molecule has 2 N–H and O–H groups in total. The van der Waals surface area contributed by atoms with Gasteiger partial charge in [-0.1, -0.05) is 43.2 Å².